The van der Waals surface area contributed by atoms with E-state index in [-0.39, 0.29) is 19.6 Å². The molecule has 192 valence electrons. The quantitative estimate of drug-likeness (QED) is 0.285. The number of esters is 1. The van der Waals surface area contributed by atoms with Crippen LogP contribution in [0.5, 0.6) is 0 Å². The van der Waals surface area contributed by atoms with Crippen LogP contribution in [-0.2, 0) is 38.5 Å². The van der Waals surface area contributed by atoms with Gasteiger partial charge < -0.3 is 20.1 Å². The van der Waals surface area contributed by atoms with Crippen molar-refractivity contribution < 1.29 is 23.9 Å². The van der Waals surface area contributed by atoms with Crippen molar-refractivity contribution in [2.75, 3.05) is 6.61 Å². The first-order valence-electron chi connectivity index (χ1n) is 12.2. The van der Waals surface area contributed by atoms with Crippen LogP contribution in [-0.4, -0.2) is 36.7 Å². The highest BCUT2D eigenvalue weighted by molar-refractivity contribution is 5.87. The van der Waals surface area contributed by atoms with Crippen molar-refractivity contribution in [2.24, 2.45) is 0 Å². The number of rotatable bonds is 12. The number of ether oxygens (including phenoxy) is 2. The summed E-state index contributed by atoms with van der Waals surface area (Å²) >= 11 is 0. The van der Waals surface area contributed by atoms with Crippen LogP contribution in [0.15, 0.2) is 103 Å². The minimum absolute atomic E-state index is 0.0886. The molecule has 3 aromatic carbocycles. The Hall–Kier alpha value is -4.39. The van der Waals surface area contributed by atoms with E-state index in [2.05, 4.69) is 10.6 Å². The topological polar surface area (TPSA) is 93.7 Å². The van der Waals surface area contributed by atoms with E-state index in [0.29, 0.717) is 6.42 Å². The van der Waals surface area contributed by atoms with Crippen molar-refractivity contribution in [3.8, 4) is 0 Å². The Labute approximate surface area is 217 Å². The largest absolute Gasteiger partial charge is 0.463 e. The molecule has 2 atom stereocenters. The van der Waals surface area contributed by atoms with Gasteiger partial charge in [0, 0.05) is 12.5 Å². The number of carbonyl (C=O) groups excluding carboxylic acids is 3. The fraction of sp³-hybridized carbons (Fsp3) is 0.233. The first-order valence-corrected chi connectivity index (χ1v) is 12.2. The molecule has 0 spiro atoms. The predicted octanol–water partition coefficient (Wildman–Crippen LogP) is 4.37. The van der Waals surface area contributed by atoms with Gasteiger partial charge in [-0.25, -0.2) is 9.59 Å². The molecule has 0 fully saturated rings. The lowest BCUT2D eigenvalue weighted by atomic mass is 10.0. The second-order valence-corrected chi connectivity index (χ2v) is 8.36. The first-order chi connectivity index (χ1) is 18.0. The summed E-state index contributed by atoms with van der Waals surface area (Å²) in [6.07, 6.45) is 2.95. The molecule has 0 heterocycles. The first kappa shape index (κ1) is 27.2. The van der Waals surface area contributed by atoms with E-state index in [0.717, 1.165) is 16.7 Å². The molecule has 3 aromatic rings. The van der Waals surface area contributed by atoms with Gasteiger partial charge in [0.2, 0.25) is 5.91 Å². The molecule has 0 radical (unpaired) electrons. The SMILES string of the molecule is CCOC(=O)/C=C/[C@H](Cc1ccccc1)NC(=O)[C@H](Cc1ccccc1)NC(=O)OCc1ccccc1. The van der Waals surface area contributed by atoms with Gasteiger partial charge in [-0.2, -0.15) is 0 Å². The van der Waals surface area contributed by atoms with Crippen LogP contribution < -0.4 is 10.6 Å². The van der Waals surface area contributed by atoms with E-state index in [1.807, 2.05) is 91.0 Å². The number of hydrogen-bond acceptors (Lipinski definition) is 5. The number of benzene rings is 3. The van der Waals surface area contributed by atoms with E-state index in [1.165, 1.54) is 6.08 Å². The zero-order valence-electron chi connectivity index (χ0n) is 20.8. The molecular formula is C30H32N2O5. The molecule has 7 nitrogen and oxygen atoms in total. The maximum absolute atomic E-state index is 13.4. The van der Waals surface area contributed by atoms with Crippen LogP contribution in [0.1, 0.15) is 23.6 Å². The van der Waals surface area contributed by atoms with Crippen LogP contribution in [0.2, 0.25) is 0 Å². The monoisotopic (exact) mass is 500 g/mol. The van der Waals surface area contributed by atoms with Crippen molar-refractivity contribution in [3.63, 3.8) is 0 Å². The molecule has 0 saturated carbocycles. The Kier molecular flexibility index (Phi) is 10.9. The van der Waals surface area contributed by atoms with E-state index in [1.54, 1.807) is 13.0 Å². The highest BCUT2D eigenvalue weighted by atomic mass is 16.5. The molecule has 0 aliphatic rings. The van der Waals surface area contributed by atoms with E-state index < -0.39 is 30.1 Å². The normalized spacial score (nSPS) is 12.4. The van der Waals surface area contributed by atoms with Crippen LogP contribution in [0.25, 0.3) is 0 Å². The summed E-state index contributed by atoms with van der Waals surface area (Å²) in [5.74, 6) is -0.881. The zero-order chi connectivity index (χ0) is 26.3. The molecule has 0 aliphatic heterocycles. The van der Waals surface area contributed by atoms with Gasteiger partial charge >= 0.3 is 12.1 Å². The van der Waals surface area contributed by atoms with Gasteiger partial charge in [0.1, 0.15) is 12.6 Å². The number of nitrogens with one attached hydrogen (secondary N) is 2. The van der Waals surface area contributed by atoms with Gasteiger partial charge in [0.25, 0.3) is 0 Å². The van der Waals surface area contributed by atoms with Crippen LogP contribution in [0.3, 0.4) is 0 Å². The van der Waals surface area contributed by atoms with Crippen LogP contribution in [0, 0.1) is 0 Å². The zero-order valence-corrected chi connectivity index (χ0v) is 20.8. The molecule has 2 amide bonds. The molecule has 0 bridgehead atoms. The minimum Gasteiger partial charge on any atom is -0.463 e. The van der Waals surface area contributed by atoms with Gasteiger partial charge in [0.15, 0.2) is 0 Å². The molecule has 7 heteroatoms. The molecule has 0 aliphatic carbocycles. The van der Waals surface area contributed by atoms with Gasteiger partial charge in [-0.15, -0.1) is 0 Å². The third kappa shape index (κ3) is 10.0. The molecule has 3 rings (SSSR count). The summed E-state index contributed by atoms with van der Waals surface area (Å²) in [6, 6.07) is 26.9. The van der Waals surface area contributed by atoms with Crippen molar-refractivity contribution in [1.82, 2.24) is 10.6 Å². The van der Waals surface area contributed by atoms with Crippen molar-refractivity contribution in [3.05, 3.63) is 120 Å². The summed E-state index contributed by atoms with van der Waals surface area (Å²) in [5.41, 5.74) is 2.71. The van der Waals surface area contributed by atoms with Crippen LogP contribution >= 0.6 is 0 Å². The average Bonchev–Trinajstić information content (AvgIpc) is 2.92. The van der Waals surface area contributed by atoms with Crippen molar-refractivity contribution in [2.45, 2.75) is 38.5 Å². The summed E-state index contributed by atoms with van der Waals surface area (Å²) in [7, 11) is 0. The molecule has 37 heavy (non-hydrogen) atoms. The number of carbonyl (C=O) groups is 3. The predicted molar refractivity (Wildman–Crippen MR) is 142 cm³/mol. The second kappa shape index (κ2) is 14.9. The Morgan fingerprint density at radius 3 is 1.84 bits per heavy atom. The van der Waals surface area contributed by atoms with Crippen LogP contribution in [0.4, 0.5) is 4.79 Å². The maximum atomic E-state index is 13.4. The van der Waals surface area contributed by atoms with Gasteiger partial charge in [-0.1, -0.05) is 97.1 Å². The van der Waals surface area contributed by atoms with Gasteiger partial charge in [-0.3, -0.25) is 4.79 Å². The molecule has 0 aromatic heterocycles. The third-order valence-electron chi connectivity index (χ3n) is 5.48. The lowest BCUT2D eigenvalue weighted by molar-refractivity contribution is -0.137. The second-order valence-electron chi connectivity index (χ2n) is 8.36. The minimum atomic E-state index is -0.889. The van der Waals surface area contributed by atoms with E-state index in [4.69, 9.17) is 9.47 Å². The maximum Gasteiger partial charge on any atom is 0.408 e. The molecule has 0 saturated heterocycles. The van der Waals surface area contributed by atoms with E-state index >= 15 is 0 Å². The molecular weight excluding hydrogens is 468 g/mol. The number of hydrogen-bond donors (Lipinski definition) is 2. The summed E-state index contributed by atoms with van der Waals surface area (Å²) in [4.78, 5) is 37.9. The fourth-order valence-corrected chi connectivity index (χ4v) is 3.67. The molecule has 0 unspecified atom stereocenters. The standard InChI is InChI=1S/C30H32N2O5/c1-2-36-28(33)19-18-26(20-23-12-6-3-7-13-23)31-29(34)27(21-24-14-8-4-9-15-24)32-30(35)37-22-25-16-10-5-11-17-25/h3-19,26-27H,2,20-22H2,1H3,(H,31,34)(H,32,35)/b19-18+/t26-,27+/m1/s1. The number of alkyl carbamates (subject to hydrolysis) is 1. The Morgan fingerprint density at radius 1 is 0.730 bits per heavy atom. The van der Waals surface area contributed by atoms with Gasteiger partial charge in [-0.05, 0) is 30.0 Å². The summed E-state index contributed by atoms with van der Waals surface area (Å²) < 4.78 is 10.3. The summed E-state index contributed by atoms with van der Waals surface area (Å²) in [5, 5.41) is 5.66. The number of amides is 2. The summed E-state index contributed by atoms with van der Waals surface area (Å²) in [6.45, 7) is 2.07. The van der Waals surface area contributed by atoms with Crippen molar-refractivity contribution >= 4 is 18.0 Å². The Balaban J connectivity index is 1.72. The smallest absolute Gasteiger partial charge is 0.408 e. The average molecular weight is 501 g/mol. The molecule has 2 N–H and O–H groups in total. The van der Waals surface area contributed by atoms with E-state index in [9.17, 15) is 14.4 Å². The lowest BCUT2D eigenvalue weighted by Crippen LogP contribution is -2.51. The Morgan fingerprint density at radius 2 is 1.27 bits per heavy atom. The van der Waals surface area contributed by atoms with Gasteiger partial charge in [0.05, 0.1) is 12.6 Å². The third-order valence-corrected chi connectivity index (χ3v) is 5.48. The highest BCUT2D eigenvalue weighted by Gasteiger charge is 2.24. The fourth-order valence-electron chi connectivity index (χ4n) is 3.67. The van der Waals surface area contributed by atoms with Crippen molar-refractivity contribution in [1.29, 1.82) is 0 Å². The highest BCUT2D eigenvalue weighted by Crippen LogP contribution is 2.08. The Bertz CT molecular complexity index is 1150. The lowest BCUT2D eigenvalue weighted by Gasteiger charge is -2.22.